The van der Waals surface area contributed by atoms with Crippen molar-refractivity contribution in [3.63, 3.8) is 0 Å². The first-order chi connectivity index (χ1) is 3.72. The van der Waals surface area contributed by atoms with Crippen molar-refractivity contribution in [1.82, 2.24) is 5.32 Å². The minimum Gasteiger partial charge on any atom is -0.791 e. The molecule has 1 radical (unpaired) electrons. The second kappa shape index (κ2) is 7.00. The van der Waals surface area contributed by atoms with Crippen LogP contribution in [0.2, 0.25) is 0 Å². The van der Waals surface area contributed by atoms with Gasteiger partial charge in [-0.3, -0.25) is 4.79 Å². The fraction of sp³-hybridized carbons (Fsp3) is 0.750. The Kier molecular flexibility index (Phi) is 9.76. The Morgan fingerprint density at radius 1 is 1.89 bits per heavy atom. The van der Waals surface area contributed by atoms with Crippen LogP contribution in [0, 0.1) is 0 Å². The van der Waals surface area contributed by atoms with Crippen LogP contribution in [0.5, 0.6) is 0 Å². The molecule has 0 saturated carbocycles. The molecule has 0 aromatic carbocycles. The van der Waals surface area contributed by atoms with Gasteiger partial charge in [-0.1, -0.05) is 0 Å². The maximum absolute atomic E-state index is 10.0. The first-order valence-electron chi connectivity index (χ1n) is 2.20. The molecule has 51 valence electrons. The second-order valence-electron chi connectivity index (χ2n) is 1.35. The van der Waals surface area contributed by atoms with Gasteiger partial charge >= 0.3 is 5.97 Å². The van der Waals surface area contributed by atoms with Crippen molar-refractivity contribution in [1.29, 1.82) is 0 Å². The Balaban J connectivity index is 0. The van der Waals surface area contributed by atoms with Crippen molar-refractivity contribution in [2.45, 2.75) is 6.04 Å². The van der Waals surface area contributed by atoms with Crippen molar-refractivity contribution in [2.75, 3.05) is 12.8 Å². The Morgan fingerprint density at radius 3 is 2.33 bits per heavy atom. The molecule has 0 aliphatic heterocycles. The van der Waals surface area contributed by atoms with Crippen LogP contribution in [0.3, 0.4) is 0 Å². The summed E-state index contributed by atoms with van der Waals surface area (Å²) in [4.78, 5) is 10.0. The van der Waals surface area contributed by atoms with E-state index < -0.39 is 12.0 Å². The number of carbonyl (C=O) groups is 1. The van der Waals surface area contributed by atoms with E-state index in [2.05, 4.69) is 17.9 Å². The van der Waals surface area contributed by atoms with Gasteiger partial charge in [-0.25, -0.2) is 0 Å². The first-order valence-corrected chi connectivity index (χ1v) is 2.78. The molecule has 0 fully saturated rings. The molecule has 0 rings (SSSR count). The van der Waals surface area contributed by atoms with Crippen LogP contribution in [0.1, 0.15) is 0 Å². The minimum absolute atomic E-state index is 0. The number of hydrogen-bond donors (Lipinski definition) is 2. The van der Waals surface area contributed by atoms with Gasteiger partial charge in [0.05, 0.1) is 6.04 Å². The number of likely N-dealkylation sites (N-methyl/N-ethyl adjacent to an activating group) is 1. The number of aliphatic carboxylic acids is 1. The molecule has 5 heteroatoms. The van der Waals surface area contributed by atoms with Gasteiger partial charge in [-0.2, -0.15) is 0 Å². The third-order valence-corrected chi connectivity index (χ3v) is 1.15. The van der Waals surface area contributed by atoms with E-state index in [4.69, 9.17) is 5.11 Å². The van der Waals surface area contributed by atoms with Gasteiger partial charge in [0.1, 0.15) is 0 Å². The molecule has 0 heterocycles. The zero-order valence-electron chi connectivity index (χ0n) is 5.13. The Hall–Kier alpha value is 0.884. The zero-order valence-corrected chi connectivity index (χ0v) is 8.78. The van der Waals surface area contributed by atoms with E-state index in [1.54, 1.807) is 7.05 Å². The summed E-state index contributed by atoms with van der Waals surface area (Å²) in [7, 11) is 1.57. The van der Waals surface area contributed by atoms with Crippen LogP contribution in [0.25, 0.3) is 0 Å². The van der Waals surface area contributed by atoms with Crippen LogP contribution in [0.15, 0.2) is 0 Å². The molecule has 0 aromatic rings. The molecule has 1 atom stereocenters. The van der Waals surface area contributed by atoms with Crippen LogP contribution in [-0.2, 0) is 50.1 Å². The van der Waals surface area contributed by atoms with E-state index in [0.29, 0.717) is 0 Å². The number of rotatable bonds is 3. The van der Waals surface area contributed by atoms with E-state index in [1.165, 1.54) is 0 Å². The summed E-state index contributed by atoms with van der Waals surface area (Å²) in [6.45, 7) is 0. The van der Waals surface area contributed by atoms with Crippen LogP contribution >= 0.6 is 0 Å². The van der Waals surface area contributed by atoms with Crippen molar-refractivity contribution >= 4 is 18.6 Å². The standard InChI is InChI=1S/C4H9NO2S.Y/c1-5-3(2-8)4(6)7;/h3,5,8H,2H2,1H3,(H,6,7);/p-1/t3-;/m1./s1. The van der Waals surface area contributed by atoms with Gasteiger partial charge < -0.3 is 23.1 Å². The fourth-order valence-electron chi connectivity index (χ4n) is 0.278. The number of hydrogen-bond acceptors (Lipinski definition) is 3. The molecule has 2 N–H and O–H groups in total. The summed E-state index contributed by atoms with van der Waals surface area (Å²) >= 11 is 4.51. The molecule has 0 amide bonds. The van der Waals surface area contributed by atoms with Crippen molar-refractivity contribution in [2.24, 2.45) is 0 Å². The number of nitrogens with one attached hydrogen (secondary N) is 1. The molecular weight excluding hydrogens is 215 g/mol. The topological polar surface area (TPSA) is 49.3 Å². The van der Waals surface area contributed by atoms with Gasteiger partial charge in [0.15, 0.2) is 0 Å². The van der Waals surface area contributed by atoms with Gasteiger partial charge in [-0.05, 0) is 7.05 Å². The summed E-state index contributed by atoms with van der Waals surface area (Å²) < 4.78 is 0. The van der Waals surface area contributed by atoms with E-state index in [1.807, 2.05) is 0 Å². The van der Waals surface area contributed by atoms with Gasteiger partial charge in [-0.15, -0.1) is 5.75 Å². The van der Waals surface area contributed by atoms with Gasteiger partial charge in [0, 0.05) is 32.7 Å². The zero-order chi connectivity index (χ0) is 6.57. The average molecular weight is 223 g/mol. The molecule has 0 bridgehead atoms. The van der Waals surface area contributed by atoms with Crippen LogP contribution in [0.4, 0.5) is 0 Å². The van der Waals surface area contributed by atoms with Crippen molar-refractivity contribution < 1.29 is 42.6 Å². The molecule has 0 unspecified atom stereocenters. The van der Waals surface area contributed by atoms with E-state index in [9.17, 15) is 4.79 Å². The molecule has 0 aliphatic carbocycles. The molecule has 0 aliphatic rings. The van der Waals surface area contributed by atoms with Crippen molar-refractivity contribution in [3.05, 3.63) is 0 Å². The number of carboxylic acids is 1. The summed E-state index contributed by atoms with van der Waals surface area (Å²) in [5.41, 5.74) is 0. The predicted octanol–water partition coefficient (Wildman–Crippen LogP) is -0.797. The van der Waals surface area contributed by atoms with Crippen LogP contribution < -0.4 is 5.32 Å². The monoisotopic (exact) mass is 223 g/mol. The molecular formula is C4H8NO2SY-. The van der Waals surface area contributed by atoms with Crippen molar-refractivity contribution in [3.8, 4) is 0 Å². The maximum atomic E-state index is 10.0. The molecule has 3 nitrogen and oxygen atoms in total. The summed E-state index contributed by atoms with van der Waals surface area (Å²) in [6.07, 6.45) is 0. The third kappa shape index (κ3) is 5.33. The molecule has 9 heavy (non-hydrogen) atoms. The predicted molar refractivity (Wildman–Crippen MR) is 32.7 cm³/mol. The smallest absolute Gasteiger partial charge is 0.318 e. The summed E-state index contributed by atoms with van der Waals surface area (Å²) in [6, 6.07) is -0.565. The van der Waals surface area contributed by atoms with E-state index >= 15 is 0 Å². The Bertz CT molecular complexity index is 86.6. The van der Waals surface area contributed by atoms with Gasteiger partial charge in [0.25, 0.3) is 0 Å². The van der Waals surface area contributed by atoms with Crippen LogP contribution in [-0.4, -0.2) is 29.9 Å². The van der Waals surface area contributed by atoms with E-state index in [0.717, 1.165) is 0 Å². The summed E-state index contributed by atoms with van der Waals surface area (Å²) in [5, 5.41) is 10.8. The molecule has 0 aromatic heterocycles. The van der Waals surface area contributed by atoms with Gasteiger partial charge in [0.2, 0.25) is 0 Å². The SMILES string of the molecule is CN[C@H](C[S-])C(=O)O.[Y]. The summed E-state index contributed by atoms with van der Waals surface area (Å²) in [5.74, 6) is -0.672. The normalized spacial score (nSPS) is 11.8. The maximum Gasteiger partial charge on any atom is 0.318 e. The average Bonchev–Trinajstić information content (AvgIpc) is 1.69. The first kappa shape index (κ1) is 12.6. The van der Waals surface area contributed by atoms with E-state index in [-0.39, 0.29) is 38.5 Å². The second-order valence-corrected chi connectivity index (χ2v) is 1.68. The largest absolute Gasteiger partial charge is 0.791 e. The quantitative estimate of drug-likeness (QED) is 0.615. The molecule has 0 spiro atoms. The fourth-order valence-corrected chi connectivity index (χ4v) is 0.587. The Labute approximate surface area is 84.9 Å². The molecule has 0 saturated heterocycles. The Morgan fingerprint density at radius 2 is 2.33 bits per heavy atom. The third-order valence-electron chi connectivity index (χ3n) is 0.813. The number of carboxylic acid groups (broad SMARTS) is 1. The minimum atomic E-state index is -0.887.